The number of fused-ring (bicyclic) bond motifs is 1. The molecule has 0 bridgehead atoms. The van der Waals surface area contributed by atoms with Crippen LogP contribution < -0.4 is 4.74 Å². The lowest BCUT2D eigenvalue weighted by Gasteiger charge is -2.08. The molecule has 4 rings (SSSR count). The van der Waals surface area contributed by atoms with Gasteiger partial charge in [-0.3, -0.25) is 0 Å². The topological polar surface area (TPSA) is 35.0 Å². The summed E-state index contributed by atoms with van der Waals surface area (Å²) < 4.78 is 8.09. The third-order valence-corrected chi connectivity index (χ3v) is 5.11. The molecule has 1 heterocycles. The Hall–Kier alpha value is -1.99. The molecular weight excluding hydrogens is 503 g/mol. The van der Waals surface area contributed by atoms with Crippen molar-refractivity contribution in [3.63, 3.8) is 0 Å². The van der Waals surface area contributed by atoms with Crippen molar-refractivity contribution in [1.29, 1.82) is 0 Å². The second kappa shape index (κ2) is 7.72. The van der Waals surface area contributed by atoms with Crippen molar-refractivity contribution >= 4 is 49.4 Å². The van der Waals surface area contributed by atoms with Gasteiger partial charge < -0.3 is 4.74 Å². The first-order chi connectivity index (χ1) is 12.7. The van der Waals surface area contributed by atoms with Crippen molar-refractivity contribution < 1.29 is 4.74 Å². The molecule has 3 nitrogen and oxygen atoms in total. The monoisotopic (exact) mass is 516 g/mol. The minimum atomic E-state index is 0.532. The maximum Gasteiger partial charge on any atom is 0.159 e. The number of rotatable bonds is 4. The lowest BCUT2D eigenvalue weighted by Crippen LogP contribution is -1.95. The molecule has 0 aliphatic carbocycles. The molecule has 0 N–H and O–H groups in total. The number of benzene rings is 3. The zero-order valence-corrected chi connectivity index (χ0v) is 17.4. The van der Waals surface area contributed by atoms with Crippen LogP contribution in [0.1, 0.15) is 5.56 Å². The molecule has 26 heavy (non-hydrogen) atoms. The average Bonchev–Trinajstić information content (AvgIpc) is 2.66. The molecule has 5 heteroatoms. The minimum absolute atomic E-state index is 0.532. The van der Waals surface area contributed by atoms with Crippen LogP contribution in [-0.4, -0.2) is 9.97 Å². The second-order valence-electron chi connectivity index (χ2n) is 5.84. The van der Waals surface area contributed by atoms with E-state index in [4.69, 9.17) is 4.74 Å². The van der Waals surface area contributed by atoms with Gasteiger partial charge in [-0.25, -0.2) is 9.97 Å². The Morgan fingerprint density at radius 2 is 1.81 bits per heavy atom. The molecule has 0 atom stereocenters. The van der Waals surface area contributed by atoms with Crippen molar-refractivity contribution in [2.75, 3.05) is 0 Å². The SMILES string of the molecule is Brc1cccc(COc2ccc(-c3ncc4cc(I)ccc4n3)cc2)c1. The van der Waals surface area contributed by atoms with E-state index < -0.39 is 0 Å². The normalized spacial score (nSPS) is 10.8. The highest BCUT2D eigenvalue weighted by atomic mass is 127. The van der Waals surface area contributed by atoms with E-state index in [2.05, 4.69) is 66.7 Å². The van der Waals surface area contributed by atoms with Gasteiger partial charge in [-0.05, 0) is 82.8 Å². The molecule has 3 aromatic carbocycles. The van der Waals surface area contributed by atoms with E-state index in [1.165, 1.54) is 3.57 Å². The van der Waals surface area contributed by atoms with Gasteiger partial charge in [0.2, 0.25) is 0 Å². The summed E-state index contributed by atoms with van der Waals surface area (Å²) in [4.78, 5) is 9.15. The van der Waals surface area contributed by atoms with E-state index in [1.807, 2.05) is 54.7 Å². The molecule has 0 fully saturated rings. The molecule has 0 unspecified atom stereocenters. The van der Waals surface area contributed by atoms with E-state index >= 15 is 0 Å². The van der Waals surface area contributed by atoms with Crippen LogP contribution in [0.2, 0.25) is 0 Å². The summed E-state index contributed by atoms with van der Waals surface area (Å²) >= 11 is 5.77. The summed E-state index contributed by atoms with van der Waals surface area (Å²) in [5.41, 5.74) is 3.04. The Bertz CT molecular complexity index is 1070. The van der Waals surface area contributed by atoms with Gasteiger partial charge in [-0.15, -0.1) is 0 Å². The van der Waals surface area contributed by atoms with Crippen LogP contribution in [0.3, 0.4) is 0 Å². The number of halogens is 2. The number of ether oxygens (including phenoxy) is 1. The van der Waals surface area contributed by atoms with Gasteiger partial charge in [0.15, 0.2) is 5.82 Å². The van der Waals surface area contributed by atoms with E-state index in [1.54, 1.807) is 0 Å². The van der Waals surface area contributed by atoms with Gasteiger partial charge in [-0.2, -0.15) is 0 Å². The maximum atomic E-state index is 5.86. The molecule has 0 radical (unpaired) electrons. The minimum Gasteiger partial charge on any atom is -0.489 e. The van der Waals surface area contributed by atoms with E-state index in [0.717, 1.165) is 38.1 Å². The second-order valence-corrected chi connectivity index (χ2v) is 8.00. The van der Waals surface area contributed by atoms with E-state index in [0.29, 0.717) is 6.61 Å². The van der Waals surface area contributed by atoms with Crippen LogP contribution in [0.25, 0.3) is 22.3 Å². The number of hydrogen-bond acceptors (Lipinski definition) is 3. The Kier molecular flexibility index (Phi) is 5.17. The summed E-state index contributed by atoms with van der Waals surface area (Å²) in [6.45, 7) is 0.532. The highest BCUT2D eigenvalue weighted by molar-refractivity contribution is 14.1. The summed E-state index contributed by atoms with van der Waals surface area (Å²) in [6.07, 6.45) is 1.87. The Morgan fingerprint density at radius 3 is 2.62 bits per heavy atom. The Morgan fingerprint density at radius 1 is 0.962 bits per heavy atom. The van der Waals surface area contributed by atoms with Crippen LogP contribution in [0.4, 0.5) is 0 Å². The largest absolute Gasteiger partial charge is 0.489 e. The fraction of sp³-hybridized carbons (Fsp3) is 0.0476. The van der Waals surface area contributed by atoms with Gasteiger partial charge in [-0.1, -0.05) is 28.1 Å². The molecule has 128 valence electrons. The van der Waals surface area contributed by atoms with Crippen LogP contribution in [-0.2, 0) is 6.61 Å². The summed E-state index contributed by atoms with van der Waals surface area (Å²) in [6, 6.07) is 22.2. The molecule has 0 aliphatic rings. The van der Waals surface area contributed by atoms with Gasteiger partial charge in [0, 0.05) is 25.2 Å². The summed E-state index contributed by atoms with van der Waals surface area (Å²) in [5, 5.41) is 1.05. The fourth-order valence-corrected chi connectivity index (χ4v) is 3.60. The quantitative estimate of drug-likeness (QED) is 0.301. The summed E-state index contributed by atoms with van der Waals surface area (Å²) in [5.74, 6) is 1.54. The predicted octanol–water partition coefficient (Wildman–Crippen LogP) is 6.24. The third-order valence-electron chi connectivity index (χ3n) is 3.95. The van der Waals surface area contributed by atoms with Crippen molar-refractivity contribution in [1.82, 2.24) is 9.97 Å². The number of nitrogens with zero attached hydrogens (tertiary/aromatic N) is 2. The first kappa shape index (κ1) is 17.4. The van der Waals surface area contributed by atoms with Crippen LogP contribution in [0.5, 0.6) is 5.75 Å². The molecule has 0 amide bonds. The van der Waals surface area contributed by atoms with Gasteiger partial charge in [0.05, 0.1) is 5.52 Å². The molecule has 1 aromatic heterocycles. The fourth-order valence-electron chi connectivity index (χ4n) is 2.64. The van der Waals surface area contributed by atoms with E-state index in [-0.39, 0.29) is 0 Å². The van der Waals surface area contributed by atoms with Gasteiger partial charge in [0.25, 0.3) is 0 Å². The van der Waals surface area contributed by atoms with Crippen LogP contribution >= 0.6 is 38.5 Å². The number of hydrogen-bond donors (Lipinski definition) is 0. The van der Waals surface area contributed by atoms with Gasteiger partial charge >= 0.3 is 0 Å². The molecule has 0 saturated carbocycles. The maximum absolute atomic E-state index is 5.86. The lowest BCUT2D eigenvalue weighted by atomic mass is 10.2. The Balaban J connectivity index is 1.51. The standard InChI is InChI=1S/C21H14BrIN2O/c22-17-3-1-2-14(10-17)13-26-19-7-4-15(5-8-19)21-24-12-16-11-18(23)6-9-20(16)25-21/h1-12H,13H2. The van der Waals surface area contributed by atoms with Crippen molar-refractivity contribution in [2.24, 2.45) is 0 Å². The molecule has 4 aromatic rings. The number of aromatic nitrogens is 2. The van der Waals surface area contributed by atoms with Crippen molar-refractivity contribution in [3.05, 3.63) is 86.5 Å². The zero-order chi connectivity index (χ0) is 17.9. The molecule has 0 aliphatic heterocycles. The van der Waals surface area contributed by atoms with Crippen molar-refractivity contribution in [2.45, 2.75) is 6.61 Å². The highest BCUT2D eigenvalue weighted by Crippen LogP contribution is 2.23. The van der Waals surface area contributed by atoms with Crippen LogP contribution in [0.15, 0.2) is 77.4 Å². The smallest absolute Gasteiger partial charge is 0.159 e. The zero-order valence-electron chi connectivity index (χ0n) is 13.7. The van der Waals surface area contributed by atoms with Crippen LogP contribution in [0, 0.1) is 3.57 Å². The first-order valence-corrected chi connectivity index (χ1v) is 9.94. The Labute approximate surface area is 173 Å². The predicted molar refractivity (Wildman–Crippen MR) is 116 cm³/mol. The molecule has 0 spiro atoms. The van der Waals surface area contributed by atoms with E-state index in [9.17, 15) is 0 Å². The molecule has 0 saturated heterocycles. The summed E-state index contributed by atoms with van der Waals surface area (Å²) in [7, 11) is 0. The highest BCUT2D eigenvalue weighted by Gasteiger charge is 2.05. The lowest BCUT2D eigenvalue weighted by molar-refractivity contribution is 0.306. The third kappa shape index (κ3) is 4.04. The van der Waals surface area contributed by atoms with Crippen molar-refractivity contribution in [3.8, 4) is 17.1 Å². The molecular formula is C21H14BrIN2O. The van der Waals surface area contributed by atoms with Gasteiger partial charge in [0.1, 0.15) is 12.4 Å². The first-order valence-electron chi connectivity index (χ1n) is 8.07. The average molecular weight is 517 g/mol.